The molecule has 1 fully saturated rings. The summed E-state index contributed by atoms with van der Waals surface area (Å²) in [5.41, 5.74) is -1.02. The lowest BCUT2D eigenvalue weighted by Crippen LogP contribution is -2.58. The number of nitrogens with zero attached hydrogens (tertiary/aromatic N) is 1. The van der Waals surface area contributed by atoms with Gasteiger partial charge in [0, 0.05) is 29.6 Å². The monoisotopic (exact) mass is 554 g/mol. The van der Waals surface area contributed by atoms with E-state index in [-0.39, 0.29) is 24.8 Å². The van der Waals surface area contributed by atoms with E-state index in [0.29, 0.717) is 45.9 Å². The number of carbonyl (C=O) groups is 1. The molecule has 7 nitrogen and oxygen atoms in total. The number of hydrogen-bond acceptors (Lipinski definition) is 5. The maximum atomic E-state index is 14.6. The summed E-state index contributed by atoms with van der Waals surface area (Å²) < 4.78 is 21.3. The largest absolute Gasteiger partial charge is 0.478 e. The van der Waals surface area contributed by atoms with Gasteiger partial charge in [-0.3, -0.25) is 0 Å². The maximum Gasteiger partial charge on any atom is 0.317 e. The molecule has 0 radical (unpaired) electrons. The van der Waals surface area contributed by atoms with Crippen molar-refractivity contribution in [1.29, 1.82) is 0 Å². The Hall–Kier alpha value is -3.17. The number of aliphatic hydroxyl groups excluding tert-OH is 2. The molecule has 5 rings (SSSR count). The molecule has 2 amide bonds. The molecule has 0 saturated heterocycles. The van der Waals surface area contributed by atoms with Gasteiger partial charge in [0.05, 0.1) is 19.3 Å². The van der Waals surface area contributed by atoms with Crippen LogP contribution in [-0.4, -0.2) is 45.4 Å². The van der Waals surface area contributed by atoms with E-state index in [4.69, 9.17) is 16.3 Å². The maximum absolute atomic E-state index is 14.6. The van der Waals surface area contributed by atoms with Crippen LogP contribution in [0.15, 0.2) is 60.7 Å². The molecule has 9 heteroatoms. The van der Waals surface area contributed by atoms with E-state index in [2.05, 4.69) is 5.32 Å². The van der Waals surface area contributed by atoms with E-state index in [0.717, 1.165) is 0 Å². The van der Waals surface area contributed by atoms with E-state index in [9.17, 15) is 24.5 Å². The number of aliphatic hydroxyl groups is 3. The lowest BCUT2D eigenvalue weighted by molar-refractivity contribution is -0.116. The number of nitrogens with one attached hydrogen (secondary N) is 1. The molecule has 4 atom stereocenters. The van der Waals surface area contributed by atoms with E-state index in [1.165, 1.54) is 12.1 Å². The smallest absolute Gasteiger partial charge is 0.317 e. The first-order chi connectivity index (χ1) is 18.7. The van der Waals surface area contributed by atoms with Gasteiger partial charge < -0.3 is 30.3 Å². The first-order valence-electron chi connectivity index (χ1n) is 13.1. The second kappa shape index (κ2) is 10.4. The number of fused-ring (bicyclic) bond motifs is 3. The van der Waals surface area contributed by atoms with Gasteiger partial charge in [-0.25, -0.2) is 9.18 Å². The van der Waals surface area contributed by atoms with Crippen molar-refractivity contribution in [3.63, 3.8) is 0 Å². The molecule has 0 bridgehead atoms. The SMILES string of the molecule is CCN(CC)C(=O)N[C@H]1C[C@@H](c2cccc(F)c2)[C@]2(c3ccc(Cl)cc3)Oc3cc(CO)cc(CO)c3[C@]12O. The van der Waals surface area contributed by atoms with Crippen molar-refractivity contribution in [3.8, 4) is 5.75 Å². The third kappa shape index (κ3) is 4.17. The fourth-order valence-electron chi connectivity index (χ4n) is 6.43. The van der Waals surface area contributed by atoms with Crippen molar-refractivity contribution < 1.29 is 29.2 Å². The second-order valence-electron chi connectivity index (χ2n) is 10.1. The average Bonchev–Trinajstić information content (AvgIpc) is 3.34. The fraction of sp³-hybridized carbons (Fsp3) is 0.367. The summed E-state index contributed by atoms with van der Waals surface area (Å²) in [6, 6.07) is 15.1. The number of rotatable bonds is 7. The number of amides is 2. The molecule has 206 valence electrons. The van der Waals surface area contributed by atoms with Crippen molar-refractivity contribution in [3.05, 3.63) is 99.3 Å². The highest BCUT2D eigenvalue weighted by Crippen LogP contribution is 2.67. The zero-order valence-corrected chi connectivity index (χ0v) is 22.6. The zero-order valence-electron chi connectivity index (χ0n) is 21.8. The average molecular weight is 555 g/mol. The summed E-state index contributed by atoms with van der Waals surface area (Å²) in [6.45, 7) is 3.95. The molecule has 3 aromatic carbocycles. The van der Waals surface area contributed by atoms with Gasteiger partial charge in [-0.2, -0.15) is 0 Å². The van der Waals surface area contributed by atoms with Crippen LogP contribution in [0.4, 0.5) is 9.18 Å². The summed E-state index contributed by atoms with van der Waals surface area (Å²) in [5.74, 6) is -0.767. The quantitative estimate of drug-likeness (QED) is 0.343. The lowest BCUT2D eigenvalue weighted by atomic mass is 9.70. The summed E-state index contributed by atoms with van der Waals surface area (Å²) in [4.78, 5) is 15.0. The Kier molecular flexibility index (Phi) is 7.33. The molecule has 0 unspecified atom stereocenters. The Morgan fingerprint density at radius 2 is 1.82 bits per heavy atom. The van der Waals surface area contributed by atoms with Crippen molar-refractivity contribution in [2.24, 2.45) is 0 Å². The molecular formula is C30H32ClFN2O5. The molecule has 0 spiro atoms. The molecule has 1 aliphatic carbocycles. The number of benzene rings is 3. The van der Waals surface area contributed by atoms with E-state index >= 15 is 0 Å². The number of urea groups is 1. The van der Waals surface area contributed by atoms with Gasteiger partial charge in [-0.05, 0) is 72.9 Å². The van der Waals surface area contributed by atoms with Crippen molar-refractivity contribution in [1.82, 2.24) is 10.2 Å². The Bertz CT molecular complexity index is 1380. The zero-order chi connectivity index (χ0) is 27.9. The molecule has 1 heterocycles. The molecule has 3 aromatic rings. The third-order valence-electron chi connectivity index (χ3n) is 8.15. The van der Waals surface area contributed by atoms with Gasteiger partial charge in [0.2, 0.25) is 0 Å². The minimum atomic E-state index is -1.87. The summed E-state index contributed by atoms with van der Waals surface area (Å²) in [5, 5.41) is 36.8. The van der Waals surface area contributed by atoms with Crippen LogP contribution in [0.3, 0.4) is 0 Å². The van der Waals surface area contributed by atoms with Gasteiger partial charge in [0.25, 0.3) is 0 Å². The van der Waals surface area contributed by atoms with E-state index in [1.807, 2.05) is 13.8 Å². The molecule has 1 saturated carbocycles. The second-order valence-corrected chi connectivity index (χ2v) is 10.5. The van der Waals surface area contributed by atoms with Crippen LogP contribution in [-0.2, 0) is 24.4 Å². The van der Waals surface area contributed by atoms with E-state index < -0.39 is 35.6 Å². The molecular weight excluding hydrogens is 523 g/mol. The van der Waals surface area contributed by atoms with Crippen LogP contribution in [0.25, 0.3) is 0 Å². The van der Waals surface area contributed by atoms with Crippen molar-refractivity contribution >= 4 is 17.6 Å². The fourth-order valence-corrected chi connectivity index (χ4v) is 6.56. The van der Waals surface area contributed by atoms with Crippen LogP contribution in [0, 0.1) is 5.82 Å². The highest BCUT2D eigenvalue weighted by molar-refractivity contribution is 6.30. The Morgan fingerprint density at radius 1 is 1.10 bits per heavy atom. The van der Waals surface area contributed by atoms with Crippen molar-refractivity contribution in [2.75, 3.05) is 13.1 Å². The van der Waals surface area contributed by atoms with Gasteiger partial charge >= 0.3 is 6.03 Å². The minimum absolute atomic E-state index is 0.224. The van der Waals surface area contributed by atoms with Gasteiger partial charge in [-0.15, -0.1) is 0 Å². The predicted octanol–water partition coefficient (Wildman–Crippen LogP) is 4.55. The third-order valence-corrected chi connectivity index (χ3v) is 8.41. The normalized spacial score (nSPS) is 25.1. The molecule has 2 aliphatic rings. The minimum Gasteiger partial charge on any atom is -0.478 e. The number of halogens is 2. The van der Waals surface area contributed by atoms with Gasteiger partial charge in [-0.1, -0.05) is 41.9 Å². The van der Waals surface area contributed by atoms with Crippen LogP contribution in [0.5, 0.6) is 5.75 Å². The Morgan fingerprint density at radius 3 is 2.44 bits per heavy atom. The van der Waals surface area contributed by atoms with Crippen LogP contribution < -0.4 is 10.1 Å². The highest BCUT2D eigenvalue weighted by atomic mass is 35.5. The van der Waals surface area contributed by atoms with Crippen molar-refractivity contribution in [2.45, 2.75) is 56.6 Å². The topological polar surface area (TPSA) is 102 Å². The number of hydrogen-bond donors (Lipinski definition) is 4. The molecule has 0 aromatic heterocycles. The predicted molar refractivity (Wildman–Crippen MR) is 145 cm³/mol. The first-order valence-corrected chi connectivity index (χ1v) is 13.5. The number of carbonyl (C=O) groups excluding carboxylic acids is 1. The van der Waals surface area contributed by atoms with Crippen LogP contribution in [0.1, 0.15) is 54.0 Å². The Labute approximate surface area is 231 Å². The Balaban J connectivity index is 1.80. The standard InChI is InChI=1S/C30H32ClFN2O5/c1-3-34(4-2)28(37)33-26-15-24(19-6-5-7-23(32)14-19)30(21-8-10-22(31)11-9-21)29(26,38)27-20(17-36)12-18(16-35)13-25(27)39-30/h5-14,24,26,35-36,38H,3-4,15-17H2,1-2H3,(H,33,37)/t24-,26-,29+,30-/m0/s1. The van der Waals surface area contributed by atoms with Gasteiger partial charge in [0.15, 0.2) is 11.2 Å². The molecule has 4 N–H and O–H groups in total. The van der Waals surface area contributed by atoms with Crippen LogP contribution >= 0.6 is 11.6 Å². The summed E-state index contributed by atoms with van der Waals surface area (Å²) >= 11 is 6.23. The highest BCUT2D eigenvalue weighted by Gasteiger charge is 2.73. The van der Waals surface area contributed by atoms with E-state index in [1.54, 1.807) is 53.4 Å². The van der Waals surface area contributed by atoms with Gasteiger partial charge in [0.1, 0.15) is 11.6 Å². The van der Waals surface area contributed by atoms with Crippen LogP contribution in [0.2, 0.25) is 5.02 Å². The summed E-state index contributed by atoms with van der Waals surface area (Å²) in [6.07, 6.45) is 0.224. The summed E-state index contributed by atoms with van der Waals surface area (Å²) in [7, 11) is 0. The molecule has 1 aliphatic heterocycles. The first kappa shape index (κ1) is 27.4. The molecule has 39 heavy (non-hydrogen) atoms. The number of ether oxygens (including phenoxy) is 1. The lowest BCUT2D eigenvalue weighted by Gasteiger charge is -2.42.